The fourth-order valence-corrected chi connectivity index (χ4v) is 2.03. The first kappa shape index (κ1) is 10.7. The Balaban J connectivity index is 2.24. The molecular formula is C13H14N2O. The van der Waals surface area contributed by atoms with Gasteiger partial charge in [0.2, 0.25) is 0 Å². The van der Waals surface area contributed by atoms with Crippen molar-refractivity contribution in [2.75, 3.05) is 18.0 Å². The minimum absolute atomic E-state index is 0.299. The van der Waals surface area contributed by atoms with Crippen LogP contribution in [0.4, 0.5) is 5.69 Å². The van der Waals surface area contributed by atoms with Crippen molar-refractivity contribution in [1.29, 1.82) is 5.26 Å². The van der Waals surface area contributed by atoms with Gasteiger partial charge in [-0.3, -0.25) is 4.79 Å². The molecule has 0 saturated carbocycles. The number of benzene rings is 1. The van der Waals surface area contributed by atoms with Crippen LogP contribution in [-0.2, 0) is 4.79 Å². The van der Waals surface area contributed by atoms with Gasteiger partial charge in [0, 0.05) is 18.7 Å². The van der Waals surface area contributed by atoms with Crippen LogP contribution >= 0.6 is 0 Å². The van der Waals surface area contributed by atoms with Gasteiger partial charge in [0.15, 0.2) is 5.78 Å². The highest BCUT2D eigenvalue weighted by Gasteiger charge is 2.17. The maximum absolute atomic E-state index is 11.4. The van der Waals surface area contributed by atoms with Crippen LogP contribution in [0.3, 0.4) is 0 Å². The first-order valence-electron chi connectivity index (χ1n) is 5.48. The molecule has 1 aromatic carbocycles. The van der Waals surface area contributed by atoms with Crippen molar-refractivity contribution in [2.24, 2.45) is 0 Å². The Kier molecular flexibility index (Phi) is 2.91. The van der Waals surface area contributed by atoms with Crippen LogP contribution in [0.25, 0.3) is 0 Å². The molecule has 2 rings (SSSR count). The summed E-state index contributed by atoms with van der Waals surface area (Å²) >= 11 is 0. The predicted molar refractivity (Wildman–Crippen MR) is 62.3 cm³/mol. The standard InChI is InChI=1S/C13H14N2O/c1-10-7-12(5-4-11(10)8-14)15-6-2-3-13(16)9-15/h4-5,7H,2-3,6,9H2,1H3. The summed E-state index contributed by atoms with van der Waals surface area (Å²) in [6.07, 6.45) is 1.63. The van der Waals surface area contributed by atoms with Crippen LogP contribution < -0.4 is 4.90 Å². The molecule has 1 saturated heterocycles. The quantitative estimate of drug-likeness (QED) is 0.718. The Bertz CT molecular complexity index is 459. The van der Waals surface area contributed by atoms with E-state index in [1.807, 2.05) is 25.1 Å². The van der Waals surface area contributed by atoms with Gasteiger partial charge in [-0.05, 0) is 37.1 Å². The van der Waals surface area contributed by atoms with Crippen LogP contribution in [0.2, 0.25) is 0 Å². The maximum atomic E-state index is 11.4. The Morgan fingerprint density at radius 3 is 2.88 bits per heavy atom. The molecular weight excluding hydrogens is 200 g/mol. The lowest BCUT2D eigenvalue weighted by atomic mass is 10.1. The Hall–Kier alpha value is -1.82. The van der Waals surface area contributed by atoms with Gasteiger partial charge in [-0.15, -0.1) is 0 Å². The molecule has 1 aliphatic rings. The SMILES string of the molecule is Cc1cc(N2CCCC(=O)C2)ccc1C#N. The number of nitrogens with zero attached hydrogens (tertiary/aromatic N) is 2. The normalized spacial score (nSPS) is 16.0. The molecule has 0 aromatic heterocycles. The second-order valence-electron chi connectivity index (χ2n) is 4.17. The molecule has 0 unspecified atom stereocenters. The summed E-state index contributed by atoms with van der Waals surface area (Å²) in [6.45, 7) is 3.36. The van der Waals surface area contributed by atoms with Gasteiger partial charge in [0.1, 0.15) is 0 Å². The lowest BCUT2D eigenvalue weighted by molar-refractivity contribution is -0.118. The molecule has 16 heavy (non-hydrogen) atoms. The summed E-state index contributed by atoms with van der Waals surface area (Å²) in [5.74, 6) is 0.299. The van der Waals surface area contributed by atoms with E-state index in [0.717, 1.165) is 24.2 Å². The number of Topliss-reactive ketones (excluding diaryl/α,β-unsaturated/α-hetero) is 1. The number of piperidine rings is 1. The third-order valence-corrected chi connectivity index (χ3v) is 2.95. The number of rotatable bonds is 1. The third kappa shape index (κ3) is 2.06. The molecule has 1 heterocycles. The monoisotopic (exact) mass is 214 g/mol. The van der Waals surface area contributed by atoms with Gasteiger partial charge in [-0.2, -0.15) is 5.26 Å². The molecule has 3 heteroatoms. The zero-order valence-electron chi connectivity index (χ0n) is 9.36. The van der Waals surface area contributed by atoms with E-state index in [1.165, 1.54) is 0 Å². The van der Waals surface area contributed by atoms with Crippen LogP contribution in [0, 0.1) is 18.3 Å². The van der Waals surface area contributed by atoms with Crippen LogP contribution in [0.15, 0.2) is 18.2 Å². The summed E-state index contributed by atoms with van der Waals surface area (Å²) in [6, 6.07) is 7.88. The molecule has 0 bridgehead atoms. The molecule has 82 valence electrons. The zero-order valence-corrected chi connectivity index (χ0v) is 9.36. The highest BCUT2D eigenvalue weighted by atomic mass is 16.1. The van der Waals surface area contributed by atoms with Crippen molar-refractivity contribution in [3.63, 3.8) is 0 Å². The van der Waals surface area contributed by atoms with Crippen molar-refractivity contribution in [3.05, 3.63) is 29.3 Å². The zero-order chi connectivity index (χ0) is 11.5. The molecule has 0 spiro atoms. The number of anilines is 1. The van der Waals surface area contributed by atoms with Crippen molar-refractivity contribution in [1.82, 2.24) is 0 Å². The highest BCUT2D eigenvalue weighted by molar-refractivity contribution is 5.84. The average Bonchev–Trinajstić information content (AvgIpc) is 2.29. The first-order chi connectivity index (χ1) is 7.70. The van der Waals surface area contributed by atoms with Crippen molar-refractivity contribution >= 4 is 11.5 Å². The lowest BCUT2D eigenvalue weighted by Gasteiger charge is -2.28. The summed E-state index contributed by atoms with van der Waals surface area (Å²) in [5, 5.41) is 8.84. The van der Waals surface area contributed by atoms with E-state index in [4.69, 9.17) is 5.26 Å². The highest BCUT2D eigenvalue weighted by Crippen LogP contribution is 2.21. The Labute approximate surface area is 95.3 Å². The first-order valence-corrected chi connectivity index (χ1v) is 5.48. The van der Waals surface area contributed by atoms with E-state index in [0.29, 0.717) is 24.3 Å². The predicted octanol–water partition coefficient (Wildman–Crippen LogP) is 2.04. The number of carbonyl (C=O) groups excluding carboxylic acids is 1. The topological polar surface area (TPSA) is 44.1 Å². The number of hydrogen-bond donors (Lipinski definition) is 0. The van der Waals surface area contributed by atoms with Gasteiger partial charge in [0.25, 0.3) is 0 Å². The molecule has 1 aromatic rings. The second-order valence-corrected chi connectivity index (χ2v) is 4.17. The van der Waals surface area contributed by atoms with Gasteiger partial charge < -0.3 is 4.90 Å². The summed E-state index contributed by atoms with van der Waals surface area (Å²) in [5.41, 5.74) is 2.72. The number of aryl methyl sites for hydroxylation is 1. The Morgan fingerprint density at radius 1 is 1.44 bits per heavy atom. The second kappa shape index (κ2) is 4.36. The van der Waals surface area contributed by atoms with Gasteiger partial charge in [-0.1, -0.05) is 0 Å². The third-order valence-electron chi connectivity index (χ3n) is 2.95. The lowest BCUT2D eigenvalue weighted by Crippen LogP contribution is -2.35. The summed E-state index contributed by atoms with van der Waals surface area (Å²) in [7, 11) is 0. The molecule has 1 fully saturated rings. The molecule has 0 N–H and O–H groups in total. The van der Waals surface area contributed by atoms with E-state index < -0.39 is 0 Å². The van der Waals surface area contributed by atoms with Crippen molar-refractivity contribution in [3.8, 4) is 6.07 Å². The number of hydrogen-bond acceptors (Lipinski definition) is 3. The molecule has 1 aliphatic heterocycles. The van der Waals surface area contributed by atoms with Gasteiger partial charge >= 0.3 is 0 Å². The molecule has 0 radical (unpaired) electrons. The molecule has 3 nitrogen and oxygen atoms in total. The minimum atomic E-state index is 0.299. The van der Waals surface area contributed by atoms with E-state index >= 15 is 0 Å². The van der Waals surface area contributed by atoms with Crippen LogP contribution in [0.1, 0.15) is 24.0 Å². The van der Waals surface area contributed by atoms with Crippen LogP contribution in [-0.4, -0.2) is 18.9 Å². The van der Waals surface area contributed by atoms with Crippen LogP contribution in [0.5, 0.6) is 0 Å². The summed E-state index contributed by atoms with van der Waals surface area (Å²) in [4.78, 5) is 13.4. The van der Waals surface area contributed by atoms with Crippen molar-refractivity contribution < 1.29 is 4.79 Å². The average molecular weight is 214 g/mol. The maximum Gasteiger partial charge on any atom is 0.152 e. The number of nitriles is 1. The summed E-state index contributed by atoms with van der Waals surface area (Å²) < 4.78 is 0. The van der Waals surface area contributed by atoms with E-state index in [2.05, 4.69) is 11.0 Å². The Morgan fingerprint density at radius 2 is 2.25 bits per heavy atom. The van der Waals surface area contributed by atoms with Crippen molar-refractivity contribution in [2.45, 2.75) is 19.8 Å². The van der Waals surface area contributed by atoms with Gasteiger partial charge in [-0.25, -0.2) is 0 Å². The molecule has 0 aliphatic carbocycles. The molecule has 0 amide bonds. The number of carbonyl (C=O) groups is 1. The number of ketones is 1. The van der Waals surface area contributed by atoms with Gasteiger partial charge in [0.05, 0.1) is 18.2 Å². The molecule has 0 atom stereocenters. The minimum Gasteiger partial charge on any atom is -0.364 e. The van der Waals surface area contributed by atoms with E-state index in [9.17, 15) is 4.79 Å². The van der Waals surface area contributed by atoms with E-state index in [-0.39, 0.29) is 0 Å². The fraction of sp³-hybridized carbons (Fsp3) is 0.385. The largest absolute Gasteiger partial charge is 0.364 e. The fourth-order valence-electron chi connectivity index (χ4n) is 2.03. The smallest absolute Gasteiger partial charge is 0.152 e. The van der Waals surface area contributed by atoms with E-state index in [1.54, 1.807) is 0 Å².